The summed E-state index contributed by atoms with van der Waals surface area (Å²) >= 11 is 0. The van der Waals surface area contributed by atoms with Crippen LogP contribution < -0.4 is 10.1 Å². The second-order valence-electron chi connectivity index (χ2n) is 3.91. The molecule has 1 saturated heterocycles. The molecule has 1 aliphatic rings. The number of rotatable bonds is 4. The van der Waals surface area contributed by atoms with Gasteiger partial charge in [0.25, 0.3) is 0 Å². The third kappa shape index (κ3) is 3.06. The van der Waals surface area contributed by atoms with E-state index in [1.54, 1.807) is 19.5 Å². The van der Waals surface area contributed by atoms with E-state index in [2.05, 4.69) is 15.3 Å². The first-order valence-electron chi connectivity index (χ1n) is 5.56. The highest BCUT2D eigenvalue weighted by Gasteiger charge is 2.13. The van der Waals surface area contributed by atoms with E-state index in [0.29, 0.717) is 11.8 Å². The minimum Gasteiger partial charge on any atom is -0.480 e. The summed E-state index contributed by atoms with van der Waals surface area (Å²) in [5.41, 5.74) is 0. The van der Waals surface area contributed by atoms with Gasteiger partial charge in [-0.3, -0.25) is 4.98 Å². The van der Waals surface area contributed by atoms with Crippen molar-refractivity contribution in [2.45, 2.75) is 12.8 Å². The lowest BCUT2D eigenvalue weighted by molar-refractivity contribution is 0.0595. The molecule has 88 valence electrons. The molecule has 5 heteroatoms. The Kier molecular flexibility index (Phi) is 3.93. The predicted molar refractivity (Wildman–Crippen MR) is 60.6 cm³/mol. The van der Waals surface area contributed by atoms with E-state index in [0.717, 1.165) is 32.0 Å². The van der Waals surface area contributed by atoms with Gasteiger partial charge in [-0.15, -0.1) is 0 Å². The van der Waals surface area contributed by atoms with Crippen molar-refractivity contribution >= 4 is 5.82 Å². The quantitative estimate of drug-likeness (QED) is 0.834. The van der Waals surface area contributed by atoms with Crippen molar-refractivity contribution in [3.63, 3.8) is 0 Å². The van der Waals surface area contributed by atoms with Gasteiger partial charge in [0.15, 0.2) is 0 Å². The number of nitrogens with one attached hydrogen (secondary N) is 1. The fraction of sp³-hybridized carbons (Fsp3) is 0.636. The van der Waals surface area contributed by atoms with Gasteiger partial charge in [-0.25, -0.2) is 0 Å². The molecule has 2 heterocycles. The van der Waals surface area contributed by atoms with Crippen LogP contribution in [0.4, 0.5) is 5.82 Å². The molecule has 16 heavy (non-hydrogen) atoms. The zero-order valence-corrected chi connectivity index (χ0v) is 9.48. The summed E-state index contributed by atoms with van der Waals surface area (Å²) in [6, 6.07) is 0. The minimum atomic E-state index is 0.532. The Morgan fingerprint density at radius 1 is 1.56 bits per heavy atom. The van der Waals surface area contributed by atoms with E-state index >= 15 is 0 Å². The van der Waals surface area contributed by atoms with Gasteiger partial charge in [-0.1, -0.05) is 0 Å². The van der Waals surface area contributed by atoms with Crippen LogP contribution in [0.2, 0.25) is 0 Å². The molecule has 2 rings (SSSR count). The van der Waals surface area contributed by atoms with Crippen LogP contribution in [0.3, 0.4) is 0 Å². The summed E-state index contributed by atoms with van der Waals surface area (Å²) in [6.07, 6.45) is 5.65. The average Bonchev–Trinajstić information content (AvgIpc) is 2.38. The third-order valence-corrected chi connectivity index (χ3v) is 2.65. The summed E-state index contributed by atoms with van der Waals surface area (Å²) in [7, 11) is 1.59. The zero-order valence-electron chi connectivity index (χ0n) is 9.48. The van der Waals surface area contributed by atoms with E-state index in [9.17, 15) is 0 Å². The SMILES string of the molecule is COc1cncc(NCC2CCCOC2)n1. The molecule has 5 nitrogen and oxygen atoms in total. The molecular weight excluding hydrogens is 206 g/mol. The van der Waals surface area contributed by atoms with Crippen LogP contribution in [0, 0.1) is 5.92 Å². The molecule has 0 spiro atoms. The Bertz CT molecular complexity index is 327. The summed E-state index contributed by atoms with van der Waals surface area (Å²) < 4.78 is 10.4. The molecule has 1 aromatic rings. The van der Waals surface area contributed by atoms with Gasteiger partial charge in [0.05, 0.1) is 26.1 Å². The summed E-state index contributed by atoms with van der Waals surface area (Å²) in [6.45, 7) is 2.61. The van der Waals surface area contributed by atoms with Gasteiger partial charge in [0.2, 0.25) is 5.88 Å². The largest absolute Gasteiger partial charge is 0.480 e. The molecule has 1 atom stereocenters. The van der Waals surface area contributed by atoms with Gasteiger partial charge in [0.1, 0.15) is 5.82 Å². The third-order valence-electron chi connectivity index (χ3n) is 2.65. The van der Waals surface area contributed by atoms with Crippen LogP contribution in [0.15, 0.2) is 12.4 Å². The Balaban J connectivity index is 1.83. The first-order chi connectivity index (χ1) is 7.88. The van der Waals surface area contributed by atoms with Crippen molar-refractivity contribution < 1.29 is 9.47 Å². The maximum absolute atomic E-state index is 5.41. The maximum Gasteiger partial charge on any atom is 0.233 e. The van der Waals surface area contributed by atoms with Gasteiger partial charge in [0, 0.05) is 13.2 Å². The summed E-state index contributed by atoms with van der Waals surface area (Å²) in [5.74, 6) is 1.86. The average molecular weight is 223 g/mol. The molecule has 0 bridgehead atoms. The van der Waals surface area contributed by atoms with E-state index in [1.807, 2.05) is 0 Å². The molecule has 0 saturated carbocycles. The number of aromatic nitrogens is 2. The van der Waals surface area contributed by atoms with Gasteiger partial charge < -0.3 is 14.8 Å². The number of nitrogens with zero attached hydrogens (tertiary/aromatic N) is 2. The van der Waals surface area contributed by atoms with Crippen LogP contribution in [0.25, 0.3) is 0 Å². The highest BCUT2D eigenvalue weighted by molar-refractivity contribution is 5.33. The first kappa shape index (κ1) is 11.1. The molecule has 1 N–H and O–H groups in total. The fourth-order valence-corrected chi connectivity index (χ4v) is 1.75. The molecule has 0 amide bonds. The Hall–Kier alpha value is -1.36. The van der Waals surface area contributed by atoms with Crippen LogP contribution in [0.1, 0.15) is 12.8 Å². The number of methoxy groups -OCH3 is 1. The predicted octanol–water partition coefficient (Wildman–Crippen LogP) is 1.32. The standard InChI is InChI=1S/C11H17N3O2/c1-15-11-7-12-6-10(14-11)13-5-9-3-2-4-16-8-9/h6-7,9H,2-5,8H2,1H3,(H,13,14). The van der Waals surface area contributed by atoms with Crippen molar-refractivity contribution in [3.8, 4) is 5.88 Å². The smallest absolute Gasteiger partial charge is 0.233 e. The highest BCUT2D eigenvalue weighted by Crippen LogP contribution is 2.15. The molecule has 1 fully saturated rings. The Labute approximate surface area is 95.2 Å². The van der Waals surface area contributed by atoms with Crippen LogP contribution in [-0.2, 0) is 4.74 Å². The van der Waals surface area contributed by atoms with Crippen molar-refractivity contribution in [2.24, 2.45) is 5.92 Å². The summed E-state index contributed by atoms with van der Waals surface area (Å²) in [4.78, 5) is 8.28. The Morgan fingerprint density at radius 2 is 2.50 bits per heavy atom. The Morgan fingerprint density at radius 3 is 3.25 bits per heavy atom. The first-order valence-corrected chi connectivity index (χ1v) is 5.56. The molecule has 0 radical (unpaired) electrons. The van der Waals surface area contributed by atoms with Crippen molar-refractivity contribution in [1.82, 2.24) is 9.97 Å². The number of anilines is 1. The van der Waals surface area contributed by atoms with E-state index in [4.69, 9.17) is 9.47 Å². The maximum atomic E-state index is 5.41. The van der Waals surface area contributed by atoms with Gasteiger partial charge >= 0.3 is 0 Å². The molecule has 1 aromatic heterocycles. The lowest BCUT2D eigenvalue weighted by Gasteiger charge is -2.22. The minimum absolute atomic E-state index is 0.532. The van der Waals surface area contributed by atoms with Crippen molar-refractivity contribution in [2.75, 3.05) is 32.2 Å². The molecule has 1 aliphatic heterocycles. The molecule has 0 aromatic carbocycles. The molecular formula is C11H17N3O2. The van der Waals surface area contributed by atoms with Crippen LogP contribution in [-0.4, -0.2) is 36.8 Å². The van der Waals surface area contributed by atoms with E-state index in [1.165, 1.54) is 6.42 Å². The number of hydrogen-bond acceptors (Lipinski definition) is 5. The number of ether oxygens (including phenoxy) is 2. The van der Waals surface area contributed by atoms with Crippen molar-refractivity contribution in [1.29, 1.82) is 0 Å². The second kappa shape index (κ2) is 5.65. The lowest BCUT2D eigenvalue weighted by atomic mass is 10.0. The highest BCUT2D eigenvalue weighted by atomic mass is 16.5. The lowest BCUT2D eigenvalue weighted by Crippen LogP contribution is -2.24. The van der Waals surface area contributed by atoms with Crippen LogP contribution in [0.5, 0.6) is 5.88 Å². The monoisotopic (exact) mass is 223 g/mol. The topological polar surface area (TPSA) is 56.3 Å². The van der Waals surface area contributed by atoms with Gasteiger partial charge in [-0.2, -0.15) is 4.98 Å². The fourth-order valence-electron chi connectivity index (χ4n) is 1.75. The zero-order chi connectivity index (χ0) is 11.2. The second-order valence-corrected chi connectivity index (χ2v) is 3.91. The normalized spacial score (nSPS) is 20.4. The van der Waals surface area contributed by atoms with Crippen LogP contribution >= 0.6 is 0 Å². The van der Waals surface area contributed by atoms with Crippen molar-refractivity contribution in [3.05, 3.63) is 12.4 Å². The van der Waals surface area contributed by atoms with E-state index < -0.39 is 0 Å². The molecule has 0 aliphatic carbocycles. The van der Waals surface area contributed by atoms with Gasteiger partial charge in [-0.05, 0) is 18.8 Å². The molecule has 1 unspecified atom stereocenters. The summed E-state index contributed by atoms with van der Waals surface area (Å²) in [5, 5.41) is 3.26. The number of hydrogen-bond donors (Lipinski definition) is 1. The van der Waals surface area contributed by atoms with E-state index in [-0.39, 0.29) is 0 Å².